The van der Waals surface area contributed by atoms with Crippen LogP contribution in [-0.2, 0) is 10.3 Å². The molecule has 0 radical (unpaired) electrons. The Morgan fingerprint density at radius 1 is 1.11 bits per heavy atom. The van der Waals surface area contributed by atoms with Crippen molar-refractivity contribution < 1.29 is 18.3 Å². The monoisotopic (exact) mass is 370 g/mol. The number of pyridine rings is 1. The predicted octanol–water partition coefficient (Wildman–Crippen LogP) is 5.02. The maximum Gasteiger partial charge on any atom is 0.219 e. The van der Waals surface area contributed by atoms with E-state index < -0.39 is 17.2 Å². The van der Waals surface area contributed by atoms with Crippen molar-refractivity contribution in [2.45, 2.75) is 26.3 Å². The molecular formula is C21H20F2N2O2. The summed E-state index contributed by atoms with van der Waals surface area (Å²) in [7, 11) is 1.61. The standard InChI is InChI=1S/C21H20F2N2O2/c1-13(26)25(4)21(2,3)19-16(22)8-6-10-18(19)27-15-11-14-7-5-9-17(23)20(14)24-12-15/h5-12H,1-4H3. The number of ether oxygens (including phenoxy) is 1. The van der Waals surface area contributed by atoms with Crippen LogP contribution in [0, 0.1) is 11.6 Å². The number of hydrogen-bond donors (Lipinski definition) is 0. The number of hydrogen-bond acceptors (Lipinski definition) is 3. The molecule has 1 heterocycles. The predicted molar refractivity (Wildman–Crippen MR) is 99.6 cm³/mol. The quantitative estimate of drug-likeness (QED) is 0.648. The lowest BCUT2D eigenvalue weighted by molar-refractivity contribution is -0.132. The number of rotatable bonds is 4. The lowest BCUT2D eigenvalue weighted by atomic mass is 9.91. The molecule has 1 amide bonds. The van der Waals surface area contributed by atoms with Gasteiger partial charge >= 0.3 is 0 Å². The molecule has 6 heteroatoms. The number of nitrogens with zero attached hydrogens (tertiary/aromatic N) is 2. The number of fused-ring (bicyclic) bond motifs is 1. The van der Waals surface area contributed by atoms with Crippen LogP contribution < -0.4 is 4.74 Å². The number of amides is 1. The fourth-order valence-electron chi connectivity index (χ4n) is 3.03. The Balaban J connectivity index is 2.06. The van der Waals surface area contributed by atoms with Gasteiger partial charge in [-0.3, -0.25) is 4.79 Å². The maximum absolute atomic E-state index is 14.7. The van der Waals surface area contributed by atoms with E-state index in [1.165, 1.54) is 36.2 Å². The molecule has 3 aromatic rings. The van der Waals surface area contributed by atoms with Crippen LogP contribution in [0.1, 0.15) is 26.3 Å². The number of para-hydroxylation sites is 1. The van der Waals surface area contributed by atoms with E-state index in [1.807, 2.05) is 0 Å². The Hall–Kier alpha value is -3.02. The summed E-state index contributed by atoms with van der Waals surface area (Å²) in [5.41, 5.74) is -0.453. The number of carbonyl (C=O) groups excluding carboxylic acids is 1. The summed E-state index contributed by atoms with van der Waals surface area (Å²) in [6.07, 6.45) is 1.39. The van der Waals surface area contributed by atoms with Gasteiger partial charge in [0.15, 0.2) is 0 Å². The van der Waals surface area contributed by atoms with E-state index in [4.69, 9.17) is 4.74 Å². The van der Waals surface area contributed by atoms with Gasteiger partial charge in [0.25, 0.3) is 0 Å². The van der Waals surface area contributed by atoms with Crippen LogP contribution >= 0.6 is 0 Å². The second-order valence-electron chi connectivity index (χ2n) is 6.83. The van der Waals surface area contributed by atoms with Crippen LogP contribution in [0.5, 0.6) is 11.5 Å². The van der Waals surface area contributed by atoms with Gasteiger partial charge in [0, 0.05) is 19.4 Å². The fourth-order valence-corrected chi connectivity index (χ4v) is 3.03. The molecule has 0 aliphatic heterocycles. The highest BCUT2D eigenvalue weighted by atomic mass is 19.1. The molecule has 0 spiro atoms. The zero-order valence-corrected chi connectivity index (χ0v) is 15.6. The van der Waals surface area contributed by atoms with E-state index >= 15 is 0 Å². The van der Waals surface area contributed by atoms with Crippen molar-refractivity contribution in [2.24, 2.45) is 0 Å². The third-order valence-electron chi connectivity index (χ3n) is 4.76. The molecule has 2 aromatic carbocycles. The SMILES string of the molecule is CC(=O)N(C)C(C)(C)c1c(F)cccc1Oc1cnc2c(F)cccc2c1. The normalized spacial score (nSPS) is 11.5. The molecule has 0 N–H and O–H groups in total. The Morgan fingerprint density at radius 2 is 1.78 bits per heavy atom. The molecule has 0 bridgehead atoms. The molecule has 0 saturated carbocycles. The Labute approximate surface area is 156 Å². The summed E-state index contributed by atoms with van der Waals surface area (Å²) >= 11 is 0. The smallest absolute Gasteiger partial charge is 0.219 e. The minimum atomic E-state index is -0.942. The molecule has 1 aromatic heterocycles. The van der Waals surface area contributed by atoms with E-state index in [9.17, 15) is 13.6 Å². The average molecular weight is 370 g/mol. The zero-order chi connectivity index (χ0) is 19.8. The van der Waals surface area contributed by atoms with Gasteiger partial charge in [0.1, 0.15) is 28.7 Å². The summed E-state index contributed by atoms with van der Waals surface area (Å²) in [4.78, 5) is 17.4. The Morgan fingerprint density at radius 3 is 2.48 bits per heavy atom. The van der Waals surface area contributed by atoms with Crippen molar-refractivity contribution in [3.05, 3.63) is 65.9 Å². The van der Waals surface area contributed by atoms with Crippen molar-refractivity contribution in [3.8, 4) is 11.5 Å². The van der Waals surface area contributed by atoms with E-state index in [-0.39, 0.29) is 22.7 Å². The molecule has 0 fully saturated rings. The van der Waals surface area contributed by atoms with Gasteiger partial charge in [-0.1, -0.05) is 18.2 Å². The molecule has 0 unspecified atom stereocenters. The van der Waals surface area contributed by atoms with Crippen molar-refractivity contribution in [2.75, 3.05) is 7.05 Å². The Kier molecular flexibility index (Phi) is 4.83. The van der Waals surface area contributed by atoms with Crippen LogP contribution in [0.4, 0.5) is 8.78 Å². The van der Waals surface area contributed by atoms with Gasteiger partial charge < -0.3 is 9.64 Å². The van der Waals surface area contributed by atoms with E-state index in [0.29, 0.717) is 11.1 Å². The number of halogens is 2. The largest absolute Gasteiger partial charge is 0.455 e. The Bertz CT molecular complexity index is 1020. The molecule has 3 rings (SSSR count). The van der Waals surface area contributed by atoms with E-state index in [0.717, 1.165) is 0 Å². The van der Waals surface area contributed by atoms with Crippen LogP contribution in [0.3, 0.4) is 0 Å². The second kappa shape index (κ2) is 6.95. The third-order valence-corrected chi connectivity index (χ3v) is 4.76. The first-order valence-corrected chi connectivity index (χ1v) is 8.47. The van der Waals surface area contributed by atoms with Gasteiger partial charge in [-0.25, -0.2) is 13.8 Å². The van der Waals surface area contributed by atoms with Crippen LogP contribution in [0.15, 0.2) is 48.7 Å². The van der Waals surface area contributed by atoms with Gasteiger partial charge in [-0.2, -0.15) is 0 Å². The first-order valence-electron chi connectivity index (χ1n) is 8.47. The molecule has 140 valence electrons. The first-order chi connectivity index (χ1) is 12.7. The molecule has 4 nitrogen and oxygen atoms in total. The third kappa shape index (κ3) is 3.47. The number of carbonyl (C=O) groups is 1. The summed E-state index contributed by atoms with van der Waals surface area (Å²) in [5, 5.41) is 0.575. The van der Waals surface area contributed by atoms with Crippen molar-refractivity contribution >= 4 is 16.8 Å². The van der Waals surface area contributed by atoms with Gasteiger partial charge in [0.05, 0.1) is 17.3 Å². The molecule has 0 aliphatic rings. The molecule has 27 heavy (non-hydrogen) atoms. The van der Waals surface area contributed by atoms with Crippen LogP contribution in [0.2, 0.25) is 0 Å². The van der Waals surface area contributed by atoms with Crippen molar-refractivity contribution in [1.29, 1.82) is 0 Å². The topological polar surface area (TPSA) is 42.4 Å². The first kappa shape index (κ1) is 18.8. The lowest BCUT2D eigenvalue weighted by Gasteiger charge is -2.36. The molecule has 0 atom stereocenters. The van der Waals surface area contributed by atoms with Crippen molar-refractivity contribution in [1.82, 2.24) is 9.88 Å². The van der Waals surface area contributed by atoms with Gasteiger partial charge in [0.2, 0.25) is 5.91 Å². The van der Waals surface area contributed by atoms with Crippen molar-refractivity contribution in [3.63, 3.8) is 0 Å². The molecule has 0 saturated heterocycles. The van der Waals surface area contributed by atoms with Gasteiger partial charge in [-0.15, -0.1) is 0 Å². The fraction of sp³-hybridized carbons (Fsp3) is 0.238. The molecule has 0 aliphatic carbocycles. The van der Waals surface area contributed by atoms with E-state index in [1.54, 1.807) is 45.2 Å². The van der Waals surface area contributed by atoms with Crippen LogP contribution in [0.25, 0.3) is 10.9 Å². The minimum absolute atomic E-state index is 0.197. The summed E-state index contributed by atoms with van der Waals surface area (Å²) in [5.74, 6) is -0.482. The number of benzene rings is 2. The highest BCUT2D eigenvalue weighted by Gasteiger charge is 2.34. The van der Waals surface area contributed by atoms with E-state index in [2.05, 4.69) is 4.98 Å². The summed E-state index contributed by atoms with van der Waals surface area (Å²) < 4.78 is 34.4. The number of aromatic nitrogens is 1. The highest BCUT2D eigenvalue weighted by molar-refractivity contribution is 5.80. The highest BCUT2D eigenvalue weighted by Crippen LogP contribution is 2.38. The minimum Gasteiger partial charge on any atom is -0.455 e. The van der Waals surface area contributed by atoms with Gasteiger partial charge in [-0.05, 0) is 38.1 Å². The summed E-state index contributed by atoms with van der Waals surface area (Å²) in [6, 6.07) is 10.8. The second-order valence-corrected chi connectivity index (χ2v) is 6.83. The maximum atomic E-state index is 14.7. The van der Waals surface area contributed by atoms with Crippen LogP contribution in [-0.4, -0.2) is 22.8 Å². The molecular weight excluding hydrogens is 350 g/mol. The lowest BCUT2D eigenvalue weighted by Crippen LogP contribution is -2.42. The average Bonchev–Trinajstić information content (AvgIpc) is 2.61. The summed E-state index contributed by atoms with van der Waals surface area (Å²) in [6.45, 7) is 4.91. The zero-order valence-electron chi connectivity index (χ0n) is 15.6.